The Balaban J connectivity index is 1.60. The van der Waals surface area contributed by atoms with Crippen LogP contribution in [0.3, 0.4) is 0 Å². The summed E-state index contributed by atoms with van der Waals surface area (Å²) in [7, 11) is -1.29. The molecule has 5 rings (SSSR count). The molecule has 0 radical (unpaired) electrons. The molecule has 1 saturated carbocycles. The van der Waals surface area contributed by atoms with Crippen LogP contribution in [0.15, 0.2) is 72.0 Å². The number of rotatable bonds is 6. The monoisotopic (exact) mass is 444 g/mol. The molecule has 1 aliphatic rings. The third kappa shape index (κ3) is 3.96. The van der Waals surface area contributed by atoms with Crippen molar-refractivity contribution < 1.29 is 9.00 Å². The molecule has 1 atom stereocenters. The van der Waals surface area contributed by atoms with Crippen LogP contribution < -0.4 is 5.32 Å². The van der Waals surface area contributed by atoms with E-state index in [1.54, 1.807) is 6.20 Å². The lowest BCUT2D eigenvalue weighted by molar-refractivity contribution is 0.0951. The molecule has 0 aliphatic heterocycles. The zero-order valence-electron chi connectivity index (χ0n) is 18.0. The molecule has 2 aromatic heterocycles. The molecule has 1 amide bonds. The quantitative estimate of drug-likeness (QED) is 0.476. The van der Waals surface area contributed by atoms with Gasteiger partial charge < -0.3 is 5.32 Å². The molecule has 2 aromatic carbocycles. The zero-order valence-corrected chi connectivity index (χ0v) is 18.8. The van der Waals surface area contributed by atoms with Gasteiger partial charge in [0.25, 0.3) is 5.91 Å². The van der Waals surface area contributed by atoms with Gasteiger partial charge in [0.15, 0.2) is 10.7 Å². The van der Waals surface area contributed by atoms with Crippen molar-refractivity contribution in [2.45, 2.75) is 43.0 Å². The molecule has 4 aromatic rings. The van der Waals surface area contributed by atoms with E-state index in [0.29, 0.717) is 22.3 Å². The number of hydrogen-bond acceptors (Lipinski definition) is 4. The first-order valence-electron chi connectivity index (χ1n) is 10.8. The first-order valence-corrected chi connectivity index (χ1v) is 12.0. The molecule has 0 bridgehead atoms. The van der Waals surface area contributed by atoms with Crippen molar-refractivity contribution in [3.8, 4) is 22.5 Å². The van der Waals surface area contributed by atoms with Crippen LogP contribution in [0.25, 0.3) is 28.2 Å². The minimum absolute atomic E-state index is 0.0395. The molecule has 32 heavy (non-hydrogen) atoms. The van der Waals surface area contributed by atoms with Gasteiger partial charge in [-0.15, -0.1) is 0 Å². The number of amides is 1. The van der Waals surface area contributed by atoms with Crippen LogP contribution in [-0.4, -0.2) is 35.8 Å². The van der Waals surface area contributed by atoms with Crippen molar-refractivity contribution in [3.05, 3.63) is 72.6 Å². The van der Waals surface area contributed by atoms with Gasteiger partial charge in [0.2, 0.25) is 0 Å². The number of nitrogens with one attached hydrogen (secondary N) is 1. The van der Waals surface area contributed by atoms with Crippen LogP contribution in [0.2, 0.25) is 0 Å². The van der Waals surface area contributed by atoms with Crippen molar-refractivity contribution in [2.24, 2.45) is 0 Å². The zero-order chi connectivity index (χ0) is 22.2. The van der Waals surface area contributed by atoms with Gasteiger partial charge in [0.1, 0.15) is 0 Å². The number of nitrogens with zero attached hydrogens (tertiary/aromatic N) is 3. The summed E-state index contributed by atoms with van der Waals surface area (Å²) in [6, 6.07) is 17.7. The smallest absolute Gasteiger partial charge is 0.251 e. The second-order valence-corrected chi connectivity index (χ2v) is 10.2. The molecule has 1 fully saturated rings. The molecule has 0 saturated heterocycles. The summed E-state index contributed by atoms with van der Waals surface area (Å²) in [5.74, 6) is -0.0395. The Morgan fingerprint density at radius 2 is 1.78 bits per heavy atom. The molecule has 0 spiro atoms. The summed E-state index contributed by atoms with van der Waals surface area (Å²) in [5.41, 5.74) is 4.69. The van der Waals surface area contributed by atoms with E-state index in [-0.39, 0.29) is 11.2 Å². The van der Waals surface area contributed by atoms with Gasteiger partial charge in [0, 0.05) is 34.2 Å². The van der Waals surface area contributed by atoms with E-state index in [1.807, 2.05) is 79.0 Å². The third-order valence-electron chi connectivity index (χ3n) is 5.51. The largest absolute Gasteiger partial charge is 0.349 e. The van der Waals surface area contributed by atoms with Crippen LogP contribution in [0.5, 0.6) is 0 Å². The molecular formula is C25H24N4O2S. The maximum Gasteiger partial charge on any atom is 0.251 e. The highest BCUT2D eigenvalue weighted by atomic mass is 32.2. The second kappa shape index (κ2) is 8.31. The van der Waals surface area contributed by atoms with Gasteiger partial charge in [-0.3, -0.25) is 13.4 Å². The number of aromatic nitrogens is 3. The number of fused-ring (bicyclic) bond motifs is 1. The minimum atomic E-state index is -1.29. The number of imidazole rings is 1. The standard InChI is InChI=1S/C25H24N4O2S/c1-16(2)32(31)25-23-26-14-22(29(23)15-21(28-25)17-6-4-3-5-7-17)18-8-10-19(11-9-18)24(30)27-20-12-13-20/h3-11,14-16,20H,12-13H2,1-2H3,(H,27,30)/t32-/m0/s1. The van der Waals surface area contributed by atoms with Gasteiger partial charge in [-0.2, -0.15) is 0 Å². The molecular weight excluding hydrogens is 420 g/mol. The van der Waals surface area contributed by atoms with E-state index < -0.39 is 10.8 Å². The fourth-order valence-corrected chi connectivity index (χ4v) is 4.53. The van der Waals surface area contributed by atoms with E-state index in [4.69, 9.17) is 4.98 Å². The Kier molecular flexibility index (Phi) is 5.35. The number of hydrogen-bond donors (Lipinski definition) is 1. The highest BCUT2D eigenvalue weighted by Crippen LogP contribution is 2.28. The highest BCUT2D eigenvalue weighted by molar-refractivity contribution is 7.85. The topological polar surface area (TPSA) is 76.4 Å². The SMILES string of the molecule is CC(C)[S@](=O)c1nc(-c2ccccc2)cn2c(-c3ccc(C(=O)NC4CC4)cc3)cnc12. The summed E-state index contributed by atoms with van der Waals surface area (Å²) in [4.78, 5) is 21.6. The van der Waals surface area contributed by atoms with E-state index in [1.165, 1.54) is 0 Å². The maximum atomic E-state index is 13.1. The molecule has 0 unspecified atom stereocenters. The molecule has 162 valence electrons. The highest BCUT2D eigenvalue weighted by Gasteiger charge is 2.24. The number of benzene rings is 2. The third-order valence-corrected chi connectivity index (χ3v) is 7.02. The Labute approximate surface area is 189 Å². The van der Waals surface area contributed by atoms with Crippen molar-refractivity contribution in [1.29, 1.82) is 0 Å². The van der Waals surface area contributed by atoms with Gasteiger partial charge >= 0.3 is 0 Å². The van der Waals surface area contributed by atoms with E-state index in [9.17, 15) is 9.00 Å². The Bertz CT molecular complexity index is 1310. The van der Waals surface area contributed by atoms with Crippen molar-refractivity contribution in [3.63, 3.8) is 0 Å². The summed E-state index contributed by atoms with van der Waals surface area (Å²) >= 11 is 0. The summed E-state index contributed by atoms with van der Waals surface area (Å²) in [5, 5.41) is 3.41. The lowest BCUT2D eigenvalue weighted by atomic mass is 10.1. The maximum absolute atomic E-state index is 13.1. The predicted octanol–water partition coefficient (Wildman–Crippen LogP) is 4.47. The molecule has 1 aliphatic carbocycles. The first kappa shape index (κ1) is 20.6. The van der Waals surface area contributed by atoms with E-state index in [2.05, 4.69) is 10.3 Å². The van der Waals surface area contributed by atoms with Crippen molar-refractivity contribution in [1.82, 2.24) is 19.7 Å². The fraction of sp³-hybridized carbons (Fsp3) is 0.240. The predicted molar refractivity (Wildman–Crippen MR) is 126 cm³/mol. The fourth-order valence-electron chi connectivity index (χ4n) is 3.57. The lowest BCUT2D eigenvalue weighted by Crippen LogP contribution is -2.25. The van der Waals surface area contributed by atoms with Gasteiger partial charge in [-0.25, -0.2) is 9.97 Å². The average Bonchev–Trinajstić information content (AvgIpc) is 3.53. The summed E-state index contributed by atoms with van der Waals surface area (Å²) < 4.78 is 15.0. The van der Waals surface area contributed by atoms with Gasteiger partial charge in [0.05, 0.1) is 28.4 Å². The Morgan fingerprint density at radius 1 is 1.06 bits per heavy atom. The van der Waals surface area contributed by atoms with Crippen LogP contribution in [0, 0.1) is 0 Å². The minimum Gasteiger partial charge on any atom is -0.349 e. The number of carbonyl (C=O) groups is 1. The number of carbonyl (C=O) groups excluding carboxylic acids is 1. The normalized spacial score (nSPS) is 14.6. The Hall–Kier alpha value is -3.32. The van der Waals surface area contributed by atoms with Gasteiger partial charge in [-0.1, -0.05) is 56.3 Å². The average molecular weight is 445 g/mol. The van der Waals surface area contributed by atoms with Crippen molar-refractivity contribution in [2.75, 3.05) is 0 Å². The van der Waals surface area contributed by atoms with E-state index >= 15 is 0 Å². The molecule has 2 heterocycles. The Morgan fingerprint density at radius 3 is 2.44 bits per heavy atom. The van der Waals surface area contributed by atoms with Crippen LogP contribution in [0.1, 0.15) is 37.0 Å². The van der Waals surface area contributed by atoms with Crippen LogP contribution in [-0.2, 0) is 10.8 Å². The second-order valence-electron chi connectivity index (χ2n) is 8.31. The van der Waals surface area contributed by atoms with Crippen LogP contribution in [0.4, 0.5) is 0 Å². The summed E-state index contributed by atoms with van der Waals surface area (Å²) in [6.07, 6.45) is 5.82. The first-order chi connectivity index (χ1) is 15.5. The van der Waals surface area contributed by atoms with Crippen molar-refractivity contribution >= 4 is 22.4 Å². The molecule has 6 nitrogen and oxygen atoms in total. The lowest BCUT2D eigenvalue weighted by Gasteiger charge is -2.11. The molecule has 1 N–H and O–H groups in total. The van der Waals surface area contributed by atoms with Crippen LogP contribution >= 0.6 is 0 Å². The van der Waals surface area contributed by atoms with Gasteiger partial charge in [-0.05, 0) is 25.0 Å². The molecule has 7 heteroatoms. The summed E-state index contributed by atoms with van der Waals surface area (Å²) in [6.45, 7) is 3.83. The van der Waals surface area contributed by atoms with E-state index in [0.717, 1.165) is 35.4 Å².